The van der Waals surface area contributed by atoms with Gasteiger partial charge in [0.2, 0.25) is 0 Å². The molecule has 0 unspecified atom stereocenters. The average molecular weight is 451 g/mol. The molecule has 0 aliphatic carbocycles. The van der Waals surface area contributed by atoms with E-state index in [0.29, 0.717) is 5.56 Å². The molecule has 0 atom stereocenters. The van der Waals surface area contributed by atoms with Gasteiger partial charge in [0.15, 0.2) is 0 Å². The van der Waals surface area contributed by atoms with Crippen LogP contribution in [0.4, 0.5) is 15.8 Å². The van der Waals surface area contributed by atoms with Crippen molar-refractivity contribution in [3.05, 3.63) is 78.1 Å². The first-order chi connectivity index (χ1) is 14.1. The summed E-state index contributed by atoms with van der Waals surface area (Å²) in [5, 5.41) is 0. The Labute approximate surface area is 174 Å². The number of ether oxygens (including phenoxy) is 1. The molecule has 0 fully saturated rings. The van der Waals surface area contributed by atoms with E-state index in [4.69, 9.17) is 4.74 Å². The van der Waals surface area contributed by atoms with Crippen molar-refractivity contribution < 1.29 is 26.0 Å². The zero-order chi connectivity index (χ0) is 21.9. The molecule has 30 heavy (non-hydrogen) atoms. The molecule has 0 aromatic heterocycles. The van der Waals surface area contributed by atoms with Crippen molar-refractivity contribution in [1.29, 1.82) is 0 Å². The van der Waals surface area contributed by atoms with Gasteiger partial charge in [0.25, 0.3) is 20.0 Å². The van der Waals surface area contributed by atoms with E-state index in [1.54, 1.807) is 19.1 Å². The Morgan fingerprint density at radius 3 is 2.13 bits per heavy atom. The summed E-state index contributed by atoms with van der Waals surface area (Å²) in [6, 6.07) is 15.4. The third-order valence-electron chi connectivity index (χ3n) is 4.21. The van der Waals surface area contributed by atoms with Gasteiger partial charge in [-0.25, -0.2) is 21.2 Å². The lowest BCUT2D eigenvalue weighted by molar-refractivity contribution is 0.403. The average Bonchev–Trinajstić information content (AvgIpc) is 2.70. The summed E-state index contributed by atoms with van der Waals surface area (Å²) in [6.45, 7) is 1.55. The van der Waals surface area contributed by atoms with E-state index < -0.39 is 25.9 Å². The molecule has 0 radical (unpaired) electrons. The fourth-order valence-electron chi connectivity index (χ4n) is 2.75. The molecule has 3 aromatic rings. The number of nitrogens with one attached hydrogen (secondary N) is 2. The first kappa shape index (κ1) is 21.6. The molecule has 0 aliphatic heterocycles. The minimum atomic E-state index is -4.17. The molecular weight excluding hydrogens is 431 g/mol. The topological polar surface area (TPSA) is 102 Å². The van der Waals surface area contributed by atoms with Gasteiger partial charge < -0.3 is 4.74 Å². The molecule has 158 valence electrons. The summed E-state index contributed by atoms with van der Waals surface area (Å²) in [4.78, 5) is -0.284. The van der Waals surface area contributed by atoms with Gasteiger partial charge in [-0.1, -0.05) is 30.3 Å². The van der Waals surface area contributed by atoms with Crippen molar-refractivity contribution in [2.75, 3.05) is 16.6 Å². The number of sulfonamides is 2. The van der Waals surface area contributed by atoms with E-state index in [2.05, 4.69) is 9.44 Å². The highest BCUT2D eigenvalue weighted by atomic mass is 32.2. The van der Waals surface area contributed by atoms with Crippen LogP contribution < -0.4 is 14.2 Å². The maximum absolute atomic E-state index is 13.9. The van der Waals surface area contributed by atoms with E-state index in [0.717, 1.165) is 6.07 Å². The molecule has 2 N–H and O–H groups in total. The van der Waals surface area contributed by atoms with Crippen molar-refractivity contribution in [1.82, 2.24) is 0 Å². The minimum Gasteiger partial charge on any atom is -0.495 e. The summed E-state index contributed by atoms with van der Waals surface area (Å²) in [7, 11) is -6.87. The second kappa shape index (κ2) is 8.33. The monoisotopic (exact) mass is 450 g/mol. The Kier molecular flexibility index (Phi) is 5.99. The zero-order valence-electron chi connectivity index (χ0n) is 16.1. The minimum absolute atomic E-state index is 0.0282. The molecule has 0 heterocycles. The molecule has 3 aromatic carbocycles. The van der Waals surface area contributed by atoms with Gasteiger partial charge in [-0.05, 0) is 48.9 Å². The predicted molar refractivity (Wildman–Crippen MR) is 112 cm³/mol. The smallest absolute Gasteiger partial charge is 0.265 e. The first-order valence-electron chi connectivity index (χ1n) is 8.68. The predicted octanol–water partition coefficient (Wildman–Crippen LogP) is 3.74. The second-order valence-corrected chi connectivity index (χ2v) is 9.62. The van der Waals surface area contributed by atoms with Crippen LogP contribution in [-0.4, -0.2) is 23.9 Å². The van der Waals surface area contributed by atoms with Crippen molar-refractivity contribution in [3.8, 4) is 5.75 Å². The van der Waals surface area contributed by atoms with Gasteiger partial charge >= 0.3 is 0 Å². The molecule has 0 saturated heterocycles. The number of rotatable bonds is 7. The Morgan fingerprint density at radius 2 is 1.43 bits per heavy atom. The summed E-state index contributed by atoms with van der Waals surface area (Å²) < 4.78 is 74.6. The number of halogens is 1. The first-order valence-corrected chi connectivity index (χ1v) is 11.6. The van der Waals surface area contributed by atoms with E-state index in [-0.39, 0.29) is 26.9 Å². The van der Waals surface area contributed by atoms with Crippen LogP contribution in [0.1, 0.15) is 5.56 Å². The Balaban J connectivity index is 1.96. The highest BCUT2D eigenvalue weighted by Crippen LogP contribution is 2.28. The lowest BCUT2D eigenvalue weighted by atomic mass is 10.2. The number of aryl methyl sites for hydroxylation is 1. The van der Waals surface area contributed by atoms with Gasteiger partial charge in [0.05, 0.1) is 23.4 Å². The summed E-state index contributed by atoms with van der Waals surface area (Å²) >= 11 is 0. The molecule has 0 spiro atoms. The van der Waals surface area contributed by atoms with Crippen LogP contribution in [0.15, 0.2) is 76.5 Å². The molecular formula is C20H19FN2O5S2. The van der Waals surface area contributed by atoms with E-state index >= 15 is 0 Å². The standard InChI is InChI=1S/C20H19FN2O5S2/c1-14-11-12-15(22-29(24,25)19-10-6-5-9-18(19)28-2)13-20(14)30(26,27)23-17-8-4-3-7-16(17)21/h3-13,22-23H,1-2H3. The number of benzene rings is 3. The SMILES string of the molecule is COc1ccccc1S(=O)(=O)Nc1ccc(C)c(S(=O)(=O)Nc2ccccc2F)c1. The van der Waals surface area contributed by atoms with Gasteiger partial charge in [0, 0.05) is 0 Å². The van der Waals surface area contributed by atoms with Crippen LogP contribution in [0.25, 0.3) is 0 Å². The van der Waals surface area contributed by atoms with Gasteiger partial charge in [-0.15, -0.1) is 0 Å². The Morgan fingerprint density at radius 1 is 0.800 bits per heavy atom. The van der Waals surface area contributed by atoms with Crippen LogP contribution in [0, 0.1) is 12.7 Å². The molecule has 0 saturated carbocycles. The van der Waals surface area contributed by atoms with E-state index in [1.165, 1.54) is 55.6 Å². The molecule has 3 rings (SSSR count). The number of para-hydroxylation sites is 2. The molecule has 0 aliphatic rings. The third-order valence-corrected chi connectivity index (χ3v) is 7.13. The van der Waals surface area contributed by atoms with Crippen molar-refractivity contribution in [2.24, 2.45) is 0 Å². The van der Waals surface area contributed by atoms with Crippen LogP contribution in [0.2, 0.25) is 0 Å². The molecule has 7 nitrogen and oxygen atoms in total. The highest BCUT2D eigenvalue weighted by Gasteiger charge is 2.22. The zero-order valence-corrected chi connectivity index (χ0v) is 17.7. The van der Waals surface area contributed by atoms with Crippen molar-refractivity contribution in [3.63, 3.8) is 0 Å². The fraction of sp³-hybridized carbons (Fsp3) is 0.100. The summed E-state index contributed by atoms with van der Waals surface area (Å²) in [6.07, 6.45) is 0. The third kappa shape index (κ3) is 4.55. The van der Waals surface area contributed by atoms with Gasteiger partial charge in [0.1, 0.15) is 16.5 Å². The van der Waals surface area contributed by atoms with Crippen molar-refractivity contribution >= 4 is 31.4 Å². The number of hydrogen-bond donors (Lipinski definition) is 2. The quantitative estimate of drug-likeness (QED) is 0.571. The van der Waals surface area contributed by atoms with E-state index in [9.17, 15) is 21.2 Å². The van der Waals surface area contributed by atoms with Gasteiger partial charge in [-0.3, -0.25) is 9.44 Å². The Bertz CT molecular complexity index is 1290. The largest absolute Gasteiger partial charge is 0.495 e. The van der Waals surface area contributed by atoms with Crippen LogP contribution >= 0.6 is 0 Å². The van der Waals surface area contributed by atoms with Crippen molar-refractivity contribution in [2.45, 2.75) is 16.7 Å². The normalized spacial score (nSPS) is 11.7. The number of methoxy groups -OCH3 is 1. The van der Waals surface area contributed by atoms with Crippen LogP contribution in [-0.2, 0) is 20.0 Å². The second-order valence-electron chi connectivity index (χ2n) is 6.32. The molecule has 10 heteroatoms. The maximum atomic E-state index is 13.9. The van der Waals surface area contributed by atoms with E-state index in [1.807, 2.05) is 0 Å². The highest BCUT2D eigenvalue weighted by molar-refractivity contribution is 7.93. The lowest BCUT2D eigenvalue weighted by Crippen LogP contribution is -2.17. The van der Waals surface area contributed by atoms with Gasteiger partial charge in [-0.2, -0.15) is 0 Å². The van der Waals surface area contributed by atoms with Crippen LogP contribution in [0.3, 0.4) is 0 Å². The maximum Gasteiger partial charge on any atom is 0.265 e. The van der Waals surface area contributed by atoms with Crippen LogP contribution in [0.5, 0.6) is 5.75 Å². The fourth-order valence-corrected chi connectivity index (χ4v) is 5.31. The Hall–Kier alpha value is -3.11. The number of anilines is 2. The number of hydrogen-bond acceptors (Lipinski definition) is 5. The summed E-state index contributed by atoms with van der Waals surface area (Å²) in [5.74, 6) is -0.585. The molecule has 0 amide bonds. The molecule has 0 bridgehead atoms. The summed E-state index contributed by atoms with van der Waals surface area (Å²) in [5.41, 5.74) is 0.177. The lowest BCUT2D eigenvalue weighted by Gasteiger charge is -2.14.